The van der Waals surface area contributed by atoms with Crippen molar-refractivity contribution in [2.45, 2.75) is 6.92 Å². The highest BCUT2D eigenvalue weighted by Crippen LogP contribution is 2.29. The van der Waals surface area contributed by atoms with Gasteiger partial charge in [-0.05, 0) is 52.7 Å². The molecule has 1 heterocycles. The fourth-order valence-corrected chi connectivity index (χ4v) is 2.25. The number of aryl methyl sites for hydroxylation is 1. The van der Waals surface area contributed by atoms with Gasteiger partial charge in [-0.25, -0.2) is 4.98 Å². The lowest BCUT2D eigenvalue weighted by molar-refractivity contribution is 0.102. The van der Waals surface area contributed by atoms with E-state index in [2.05, 4.69) is 26.2 Å². The van der Waals surface area contributed by atoms with Crippen LogP contribution in [0.3, 0.4) is 0 Å². The first kappa shape index (κ1) is 13.8. The molecule has 4 nitrogen and oxygen atoms in total. The van der Waals surface area contributed by atoms with Crippen molar-refractivity contribution < 1.29 is 4.79 Å². The van der Waals surface area contributed by atoms with Gasteiger partial charge in [0.2, 0.25) is 0 Å². The molecule has 0 radical (unpaired) electrons. The molecular formula is C13H11BrClN3O. The van der Waals surface area contributed by atoms with Crippen molar-refractivity contribution in [3.8, 4) is 0 Å². The first-order valence-electron chi connectivity index (χ1n) is 5.46. The van der Waals surface area contributed by atoms with Gasteiger partial charge in [-0.1, -0.05) is 11.6 Å². The van der Waals surface area contributed by atoms with E-state index in [1.165, 1.54) is 6.20 Å². The molecule has 0 aliphatic carbocycles. The maximum Gasteiger partial charge on any atom is 0.276 e. The number of carbonyl (C=O) groups excluding carboxylic acids is 1. The molecule has 0 fully saturated rings. The fraction of sp³-hybridized carbons (Fsp3) is 0.0769. The van der Waals surface area contributed by atoms with Gasteiger partial charge in [0, 0.05) is 15.7 Å². The number of hydrogen-bond acceptors (Lipinski definition) is 3. The minimum absolute atomic E-state index is 0.186. The number of halogens is 2. The largest absolute Gasteiger partial charge is 0.397 e. The number of aromatic nitrogens is 1. The van der Waals surface area contributed by atoms with Crippen molar-refractivity contribution in [2.24, 2.45) is 0 Å². The second-order valence-corrected chi connectivity index (χ2v) is 5.24. The van der Waals surface area contributed by atoms with Crippen LogP contribution >= 0.6 is 27.5 Å². The molecule has 1 amide bonds. The van der Waals surface area contributed by atoms with E-state index >= 15 is 0 Å². The minimum Gasteiger partial charge on any atom is -0.397 e. The molecule has 2 aromatic rings. The van der Waals surface area contributed by atoms with Gasteiger partial charge < -0.3 is 11.1 Å². The van der Waals surface area contributed by atoms with Gasteiger partial charge in [0.1, 0.15) is 0 Å². The molecule has 0 saturated carbocycles. The van der Waals surface area contributed by atoms with Crippen LogP contribution in [0.1, 0.15) is 16.1 Å². The third kappa shape index (κ3) is 3.05. The van der Waals surface area contributed by atoms with Gasteiger partial charge >= 0.3 is 0 Å². The van der Waals surface area contributed by atoms with Crippen molar-refractivity contribution in [2.75, 3.05) is 11.1 Å². The normalized spacial score (nSPS) is 10.3. The van der Waals surface area contributed by atoms with E-state index in [0.29, 0.717) is 16.4 Å². The smallest absolute Gasteiger partial charge is 0.276 e. The number of benzene rings is 1. The Kier molecular flexibility index (Phi) is 4.07. The topological polar surface area (TPSA) is 68.0 Å². The average molecular weight is 341 g/mol. The summed E-state index contributed by atoms with van der Waals surface area (Å²) in [6.45, 7) is 1.88. The molecule has 2 rings (SSSR count). The molecular weight excluding hydrogens is 330 g/mol. The van der Waals surface area contributed by atoms with Crippen molar-refractivity contribution in [1.82, 2.24) is 4.98 Å². The van der Waals surface area contributed by atoms with Crippen LogP contribution in [0, 0.1) is 6.92 Å². The first-order valence-corrected chi connectivity index (χ1v) is 6.63. The highest BCUT2D eigenvalue weighted by molar-refractivity contribution is 9.10. The molecule has 1 aromatic carbocycles. The van der Waals surface area contributed by atoms with E-state index in [-0.39, 0.29) is 11.6 Å². The van der Waals surface area contributed by atoms with Gasteiger partial charge in [0.15, 0.2) is 5.69 Å². The number of carbonyl (C=O) groups is 1. The van der Waals surface area contributed by atoms with E-state index in [1.54, 1.807) is 18.2 Å². The van der Waals surface area contributed by atoms with Crippen LogP contribution in [0.2, 0.25) is 5.02 Å². The number of hydrogen-bond donors (Lipinski definition) is 2. The Morgan fingerprint density at radius 2 is 2.21 bits per heavy atom. The number of nitrogens with one attached hydrogen (secondary N) is 1. The lowest BCUT2D eigenvalue weighted by Gasteiger charge is -2.10. The SMILES string of the molecule is Cc1cc(Br)c(NC(=O)c2ncccc2N)cc1Cl. The molecule has 19 heavy (non-hydrogen) atoms. The molecule has 0 atom stereocenters. The zero-order chi connectivity index (χ0) is 14.0. The number of nitrogens with two attached hydrogens (primary N) is 1. The standard InChI is InChI=1S/C13H11BrClN3O/c1-7-5-8(14)11(6-9(7)15)18-13(19)12-10(16)3-2-4-17-12/h2-6H,16H2,1H3,(H,18,19). The van der Waals surface area contributed by atoms with Crippen LogP contribution in [-0.2, 0) is 0 Å². The zero-order valence-electron chi connectivity index (χ0n) is 10.1. The van der Waals surface area contributed by atoms with Gasteiger partial charge in [-0.2, -0.15) is 0 Å². The number of anilines is 2. The zero-order valence-corrected chi connectivity index (χ0v) is 12.4. The Hall–Kier alpha value is -1.59. The average Bonchev–Trinajstić information content (AvgIpc) is 2.36. The second kappa shape index (κ2) is 5.59. The van der Waals surface area contributed by atoms with Gasteiger partial charge in [0.25, 0.3) is 5.91 Å². The molecule has 0 spiro atoms. The Morgan fingerprint density at radius 3 is 2.89 bits per heavy atom. The van der Waals surface area contributed by atoms with E-state index in [4.69, 9.17) is 17.3 Å². The number of nitrogen functional groups attached to an aromatic ring is 1. The third-order valence-electron chi connectivity index (χ3n) is 2.55. The van der Waals surface area contributed by atoms with Gasteiger partial charge in [-0.15, -0.1) is 0 Å². The van der Waals surface area contributed by atoms with E-state index in [9.17, 15) is 4.79 Å². The maximum absolute atomic E-state index is 12.1. The Labute approximate surface area is 124 Å². The summed E-state index contributed by atoms with van der Waals surface area (Å²) >= 11 is 9.41. The summed E-state index contributed by atoms with van der Waals surface area (Å²) in [7, 11) is 0. The molecule has 3 N–H and O–H groups in total. The molecule has 98 valence electrons. The summed E-state index contributed by atoms with van der Waals surface area (Å²) in [5.41, 5.74) is 7.72. The molecule has 0 aliphatic heterocycles. The number of nitrogens with zero attached hydrogens (tertiary/aromatic N) is 1. The summed E-state index contributed by atoms with van der Waals surface area (Å²) in [5.74, 6) is -0.376. The quantitative estimate of drug-likeness (QED) is 0.877. The maximum atomic E-state index is 12.1. The van der Waals surface area contributed by atoms with Crippen LogP contribution in [-0.4, -0.2) is 10.9 Å². The Bertz CT molecular complexity index is 646. The number of rotatable bonds is 2. The molecule has 1 aromatic heterocycles. The molecule has 0 saturated heterocycles. The summed E-state index contributed by atoms with van der Waals surface area (Å²) in [4.78, 5) is 16.0. The van der Waals surface area contributed by atoms with Crippen LogP contribution in [0.4, 0.5) is 11.4 Å². The van der Waals surface area contributed by atoms with Crippen LogP contribution in [0.5, 0.6) is 0 Å². The molecule has 0 aliphatic rings. The molecule has 0 bridgehead atoms. The van der Waals surface area contributed by atoms with Crippen molar-refractivity contribution >= 4 is 44.8 Å². The summed E-state index contributed by atoms with van der Waals surface area (Å²) in [6, 6.07) is 6.81. The van der Waals surface area contributed by atoms with Crippen LogP contribution in [0.15, 0.2) is 34.9 Å². The number of amides is 1. The third-order valence-corrected chi connectivity index (χ3v) is 3.61. The van der Waals surface area contributed by atoms with Crippen molar-refractivity contribution in [3.05, 3.63) is 51.2 Å². The van der Waals surface area contributed by atoms with E-state index < -0.39 is 0 Å². The summed E-state index contributed by atoms with van der Waals surface area (Å²) < 4.78 is 0.747. The van der Waals surface area contributed by atoms with Gasteiger partial charge in [-0.3, -0.25) is 4.79 Å². The molecule has 6 heteroatoms. The number of pyridine rings is 1. The first-order chi connectivity index (χ1) is 8.99. The van der Waals surface area contributed by atoms with Gasteiger partial charge in [0.05, 0.1) is 11.4 Å². The fourth-order valence-electron chi connectivity index (χ4n) is 1.53. The van der Waals surface area contributed by atoms with Crippen molar-refractivity contribution in [3.63, 3.8) is 0 Å². The van der Waals surface area contributed by atoms with Crippen molar-refractivity contribution in [1.29, 1.82) is 0 Å². The molecule has 0 unspecified atom stereocenters. The summed E-state index contributed by atoms with van der Waals surface area (Å²) in [5, 5.41) is 3.30. The Morgan fingerprint density at radius 1 is 1.47 bits per heavy atom. The minimum atomic E-state index is -0.376. The Balaban J connectivity index is 2.30. The predicted molar refractivity (Wildman–Crippen MR) is 80.5 cm³/mol. The lowest BCUT2D eigenvalue weighted by Crippen LogP contribution is -2.16. The van der Waals surface area contributed by atoms with E-state index in [1.807, 2.05) is 13.0 Å². The van der Waals surface area contributed by atoms with Crippen LogP contribution < -0.4 is 11.1 Å². The second-order valence-electron chi connectivity index (χ2n) is 3.98. The van der Waals surface area contributed by atoms with E-state index in [0.717, 1.165) is 10.0 Å². The monoisotopic (exact) mass is 339 g/mol. The predicted octanol–water partition coefficient (Wildman–Crippen LogP) is 3.64. The lowest BCUT2D eigenvalue weighted by atomic mass is 10.2. The van der Waals surface area contributed by atoms with Crippen LogP contribution in [0.25, 0.3) is 0 Å². The highest BCUT2D eigenvalue weighted by atomic mass is 79.9. The summed E-state index contributed by atoms with van der Waals surface area (Å²) in [6.07, 6.45) is 1.52. The highest BCUT2D eigenvalue weighted by Gasteiger charge is 2.13.